The highest BCUT2D eigenvalue weighted by Crippen LogP contribution is 2.42. The Morgan fingerprint density at radius 1 is 0.933 bits per heavy atom. The summed E-state index contributed by atoms with van der Waals surface area (Å²) in [6.45, 7) is 12.4. The largest absolute Gasteiger partial charge is 0.487 e. The molecular weight excluding hydrogens is 613 g/mol. The molecule has 1 aromatic carbocycles. The summed E-state index contributed by atoms with van der Waals surface area (Å²) in [7, 11) is -2.60. The molecule has 0 radical (unpaired) electrons. The number of nitrogens with zero attached hydrogens (tertiary/aromatic N) is 3. The molecule has 5 rings (SSSR count). The molecule has 0 saturated heterocycles. The minimum absolute atomic E-state index is 0.00807. The van der Waals surface area contributed by atoms with Gasteiger partial charge >= 0.3 is 6.61 Å². The summed E-state index contributed by atoms with van der Waals surface area (Å²) in [4.78, 5) is 14.1. The van der Waals surface area contributed by atoms with Crippen LogP contribution in [-0.2, 0) is 29.4 Å². The smallest absolute Gasteiger partial charge is 0.387 e. The van der Waals surface area contributed by atoms with Gasteiger partial charge in [-0.25, -0.2) is 4.68 Å². The first kappa shape index (κ1) is 33.8. The minimum atomic E-state index is -2.96. The van der Waals surface area contributed by atoms with Crippen LogP contribution in [-0.4, -0.2) is 56.4 Å². The summed E-state index contributed by atoms with van der Waals surface area (Å²) in [6, 6.07) is 7.10. The molecule has 0 unspecified atom stereocenters. The summed E-state index contributed by atoms with van der Waals surface area (Å²) >= 11 is 0. The zero-order valence-electron chi connectivity index (χ0n) is 27.7. The summed E-state index contributed by atoms with van der Waals surface area (Å²) in [6.07, 6.45) is 7.55. The molecule has 3 aromatic rings. The number of fused-ring (bicyclic) bond motifs is 1. The van der Waals surface area contributed by atoms with E-state index < -0.39 is 22.8 Å². The lowest BCUT2D eigenvalue weighted by Crippen LogP contribution is -2.26. The van der Waals surface area contributed by atoms with Crippen LogP contribution in [0.1, 0.15) is 37.7 Å². The molecule has 12 heteroatoms. The van der Waals surface area contributed by atoms with Gasteiger partial charge < -0.3 is 23.5 Å². The number of ether oxygens (including phenoxy) is 4. The highest BCUT2D eigenvalue weighted by Gasteiger charge is 2.29. The molecule has 0 atom stereocenters. The normalized spacial score (nSPS) is 15.8. The van der Waals surface area contributed by atoms with Gasteiger partial charge in [-0.15, -0.1) is 0 Å². The van der Waals surface area contributed by atoms with Gasteiger partial charge in [-0.3, -0.25) is 4.79 Å². The van der Waals surface area contributed by atoms with Gasteiger partial charge in [0.1, 0.15) is 13.5 Å². The highest BCUT2D eigenvalue weighted by atomic mass is 28.3. The van der Waals surface area contributed by atoms with Crippen LogP contribution in [0.3, 0.4) is 0 Å². The van der Waals surface area contributed by atoms with E-state index in [2.05, 4.69) is 44.4 Å². The maximum atomic E-state index is 14.1. The van der Waals surface area contributed by atoms with Gasteiger partial charge in [0, 0.05) is 34.9 Å². The molecule has 2 heterocycles. The summed E-state index contributed by atoms with van der Waals surface area (Å²) in [5, 5.41) is 5.14. The number of alkyl halides is 2. The zero-order chi connectivity index (χ0) is 32.4. The van der Waals surface area contributed by atoms with Crippen LogP contribution in [0, 0.1) is 5.92 Å². The van der Waals surface area contributed by atoms with E-state index >= 15 is 0 Å². The fourth-order valence-corrected chi connectivity index (χ4v) is 6.81. The average Bonchev–Trinajstić information content (AvgIpc) is 3.88. The predicted octanol–water partition coefficient (Wildman–Crippen LogP) is 7.97. The molecule has 2 aliphatic carbocycles. The van der Waals surface area contributed by atoms with Crippen molar-refractivity contribution in [3.63, 3.8) is 0 Å². The van der Waals surface area contributed by atoms with Crippen LogP contribution in [0.4, 0.5) is 8.78 Å². The van der Waals surface area contributed by atoms with Gasteiger partial charge in [-0.1, -0.05) is 52.1 Å². The van der Waals surface area contributed by atoms with Crippen molar-refractivity contribution in [2.45, 2.75) is 116 Å². The zero-order valence-corrected chi connectivity index (χ0v) is 29.7. The van der Waals surface area contributed by atoms with E-state index in [1.54, 1.807) is 24.4 Å². The molecule has 2 aromatic heterocycles. The summed E-state index contributed by atoms with van der Waals surface area (Å²) < 4.78 is 53.1. The first-order valence-corrected chi connectivity index (χ1v) is 23.7. The lowest BCUT2D eigenvalue weighted by Gasteiger charge is -2.18. The Labute approximate surface area is 267 Å². The maximum absolute atomic E-state index is 14.1. The first-order valence-electron chi connectivity index (χ1n) is 16.3. The Kier molecular flexibility index (Phi) is 10.6. The van der Waals surface area contributed by atoms with Gasteiger partial charge in [0.2, 0.25) is 0 Å². The summed E-state index contributed by atoms with van der Waals surface area (Å²) in [5.74, 6) is 0.939. The molecule has 0 bridgehead atoms. The van der Waals surface area contributed by atoms with E-state index in [-0.39, 0.29) is 36.6 Å². The van der Waals surface area contributed by atoms with E-state index in [1.165, 1.54) is 17.5 Å². The molecule has 0 amide bonds. The van der Waals surface area contributed by atoms with Crippen molar-refractivity contribution in [3.05, 3.63) is 40.3 Å². The van der Waals surface area contributed by atoms with Crippen LogP contribution in [0.5, 0.6) is 11.5 Å². The molecule has 0 aliphatic heterocycles. The van der Waals surface area contributed by atoms with Crippen molar-refractivity contribution in [3.8, 4) is 22.8 Å². The molecular formula is C33H49F2N3O5Si2. The van der Waals surface area contributed by atoms with Gasteiger partial charge in [0.15, 0.2) is 11.5 Å². The second-order valence-corrected chi connectivity index (χ2v) is 26.2. The van der Waals surface area contributed by atoms with Crippen molar-refractivity contribution in [2.24, 2.45) is 5.92 Å². The van der Waals surface area contributed by atoms with Gasteiger partial charge in [-0.2, -0.15) is 13.9 Å². The number of rotatable bonds is 18. The van der Waals surface area contributed by atoms with Crippen LogP contribution in [0.25, 0.3) is 22.2 Å². The number of aryl methyl sites for hydroxylation is 1. The number of halogens is 2. The van der Waals surface area contributed by atoms with Crippen molar-refractivity contribution in [1.29, 1.82) is 0 Å². The van der Waals surface area contributed by atoms with Gasteiger partial charge in [0.05, 0.1) is 28.9 Å². The minimum Gasteiger partial charge on any atom is -0.487 e. The van der Waals surface area contributed by atoms with Crippen LogP contribution in [0.15, 0.2) is 29.2 Å². The first-order chi connectivity index (χ1) is 21.3. The molecule has 0 spiro atoms. The van der Waals surface area contributed by atoms with Crippen molar-refractivity contribution < 1.29 is 27.7 Å². The topological polar surface area (TPSA) is 76.7 Å². The standard InChI is InChI=1S/C33H49F2N3O5Si2/c1-44(2,3)17-15-40-21-37-27-20-36-38(22-41-16-18-45(4,5)6)32(39)30(27)26(13-9-23-7-8-23)31(37)24-10-14-28(43-33(34)35)29(19-24)42-25-11-12-25/h10,14,19-20,23,25,33H,7-9,11-13,15-18,21-22H2,1-6H3. The van der Waals surface area contributed by atoms with Crippen LogP contribution >= 0.6 is 0 Å². The monoisotopic (exact) mass is 661 g/mol. The van der Waals surface area contributed by atoms with Crippen molar-refractivity contribution >= 4 is 27.1 Å². The SMILES string of the molecule is C[Si](C)(C)CCOCn1ncc2c(c(CCC3CC3)c(-c3ccc(OC(F)F)c(OC4CC4)c3)n2COCC[Si](C)(C)C)c1=O. The third-order valence-corrected chi connectivity index (χ3v) is 11.8. The van der Waals surface area contributed by atoms with Crippen molar-refractivity contribution in [1.82, 2.24) is 14.3 Å². The second-order valence-electron chi connectivity index (χ2n) is 15.0. The molecule has 2 aliphatic rings. The van der Waals surface area contributed by atoms with E-state index in [0.717, 1.165) is 48.2 Å². The third kappa shape index (κ3) is 9.49. The highest BCUT2D eigenvalue weighted by molar-refractivity contribution is 6.76. The molecule has 248 valence electrons. The molecule has 0 N–H and O–H groups in total. The maximum Gasteiger partial charge on any atom is 0.387 e. The number of hydrogen-bond donors (Lipinski definition) is 0. The number of aromatic nitrogens is 3. The van der Waals surface area contributed by atoms with E-state index in [9.17, 15) is 13.6 Å². The molecule has 8 nitrogen and oxygen atoms in total. The molecule has 45 heavy (non-hydrogen) atoms. The Morgan fingerprint density at radius 3 is 2.20 bits per heavy atom. The lowest BCUT2D eigenvalue weighted by molar-refractivity contribution is -0.0516. The van der Waals surface area contributed by atoms with Gasteiger partial charge in [0.25, 0.3) is 5.56 Å². The average molecular weight is 662 g/mol. The predicted molar refractivity (Wildman–Crippen MR) is 179 cm³/mol. The van der Waals surface area contributed by atoms with Crippen LogP contribution < -0.4 is 15.0 Å². The fraction of sp³-hybridized carbons (Fsp3) is 0.636. The molecule has 2 fully saturated rings. The lowest BCUT2D eigenvalue weighted by atomic mass is 10.00. The Bertz CT molecular complexity index is 1520. The number of benzene rings is 1. The van der Waals surface area contributed by atoms with E-state index in [4.69, 9.17) is 18.9 Å². The van der Waals surface area contributed by atoms with E-state index in [0.29, 0.717) is 36.5 Å². The number of hydrogen-bond acceptors (Lipinski definition) is 6. The quantitative estimate of drug-likeness (QED) is 0.102. The second kappa shape index (κ2) is 14.1. The van der Waals surface area contributed by atoms with Gasteiger partial charge in [-0.05, 0) is 67.5 Å². The van der Waals surface area contributed by atoms with Crippen molar-refractivity contribution in [2.75, 3.05) is 13.2 Å². The Hall–Kier alpha value is -2.55. The Balaban J connectivity index is 1.59. The third-order valence-electron chi connectivity index (χ3n) is 8.35. The van der Waals surface area contributed by atoms with Crippen LogP contribution in [0.2, 0.25) is 51.4 Å². The summed E-state index contributed by atoms with van der Waals surface area (Å²) in [5.41, 5.74) is 3.03. The Morgan fingerprint density at radius 2 is 1.60 bits per heavy atom. The molecule has 2 saturated carbocycles. The van der Waals surface area contributed by atoms with E-state index in [1.807, 2.05) is 4.57 Å². The fourth-order valence-electron chi connectivity index (χ4n) is 5.29.